The number of carbonyl (C=O) groups is 8. The second-order valence-corrected chi connectivity index (χ2v) is 5.00. The molecule has 0 spiro atoms. The first-order valence-corrected chi connectivity index (χ1v) is 7.28. The van der Waals surface area contributed by atoms with Crippen molar-refractivity contribution in [3.8, 4) is 0 Å². The maximum Gasteiger partial charge on any atom is 4.00 e. The van der Waals surface area contributed by atoms with Crippen molar-refractivity contribution < 1.29 is 78.3 Å². The standard InChI is InChI=1S/4C4H6O3.Ru/c4*1-3(5)2-4(6)7;/h4*2H2,1H3,(H,6,7);/q;;;;+4/p-4. The Morgan fingerprint density at radius 2 is 0.517 bits per heavy atom. The second-order valence-electron chi connectivity index (χ2n) is 5.00. The van der Waals surface area contributed by atoms with Gasteiger partial charge in [-0.05, 0) is 27.7 Å². The molecule has 0 bridgehead atoms. The van der Waals surface area contributed by atoms with Gasteiger partial charge in [-0.1, -0.05) is 0 Å². The zero-order chi connectivity index (χ0) is 23.4. The quantitative estimate of drug-likeness (QED) is 0.223. The van der Waals surface area contributed by atoms with Gasteiger partial charge in [0.05, 0.1) is 0 Å². The van der Waals surface area contributed by atoms with Gasteiger partial charge in [0.1, 0.15) is 23.1 Å². The molecule has 0 aliphatic rings. The third-order valence-corrected chi connectivity index (χ3v) is 1.57. The summed E-state index contributed by atoms with van der Waals surface area (Å²) in [5.41, 5.74) is 0. The minimum Gasteiger partial charge on any atom is -0.550 e. The third kappa shape index (κ3) is 77.9. The number of carbonyl (C=O) groups excluding carboxylic acids is 8. The molecule has 0 aliphatic heterocycles. The molecule has 0 aliphatic carbocycles. The molecule has 29 heavy (non-hydrogen) atoms. The molecule has 0 radical (unpaired) electrons. The number of ketones is 4. The van der Waals surface area contributed by atoms with Crippen LogP contribution in [0.2, 0.25) is 0 Å². The molecule has 13 heteroatoms. The SMILES string of the molecule is CC(=O)CC(=O)[O-].CC(=O)CC(=O)[O-].CC(=O)CC(=O)[O-].CC(=O)CC(=O)[O-].[Ru+4]. The van der Waals surface area contributed by atoms with Gasteiger partial charge in [-0.3, -0.25) is 19.2 Å². The van der Waals surface area contributed by atoms with E-state index in [1.54, 1.807) is 0 Å². The van der Waals surface area contributed by atoms with Crippen LogP contribution in [0.15, 0.2) is 0 Å². The zero-order valence-electron chi connectivity index (χ0n) is 16.1. The molecule has 0 fully saturated rings. The van der Waals surface area contributed by atoms with Gasteiger partial charge < -0.3 is 39.6 Å². The van der Waals surface area contributed by atoms with E-state index >= 15 is 0 Å². The summed E-state index contributed by atoms with van der Waals surface area (Å²) < 4.78 is 0. The van der Waals surface area contributed by atoms with Crippen molar-refractivity contribution in [3.63, 3.8) is 0 Å². The molecule has 0 aromatic rings. The normalized spacial score (nSPS) is 7.86. The molecule has 0 aromatic carbocycles. The Morgan fingerprint density at radius 1 is 0.414 bits per heavy atom. The van der Waals surface area contributed by atoms with Crippen molar-refractivity contribution in [1.29, 1.82) is 0 Å². The Morgan fingerprint density at radius 3 is 0.517 bits per heavy atom. The summed E-state index contributed by atoms with van der Waals surface area (Å²) in [4.78, 5) is 77.2. The largest absolute Gasteiger partial charge is 4.00 e. The van der Waals surface area contributed by atoms with Crippen LogP contribution in [0.25, 0.3) is 0 Å². The van der Waals surface area contributed by atoms with Crippen molar-refractivity contribution in [3.05, 3.63) is 0 Å². The van der Waals surface area contributed by atoms with Crippen molar-refractivity contribution in [2.45, 2.75) is 53.4 Å². The molecule has 0 amide bonds. The van der Waals surface area contributed by atoms with Crippen LogP contribution in [0.1, 0.15) is 53.4 Å². The minimum atomic E-state index is -1.31. The summed E-state index contributed by atoms with van der Waals surface area (Å²) in [5.74, 6) is -6.75. The van der Waals surface area contributed by atoms with E-state index in [0.717, 1.165) is 0 Å². The number of carboxylic acids is 4. The van der Waals surface area contributed by atoms with Gasteiger partial charge in [0, 0.05) is 49.6 Å². The summed E-state index contributed by atoms with van der Waals surface area (Å²) in [6, 6.07) is 0. The van der Waals surface area contributed by atoms with Crippen molar-refractivity contribution in [2.75, 3.05) is 0 Å². The van der Waals surface area contributed by atoms with Gasteiger partial charge in [-0.2, -0.15) is 0 Å². The summed E-state index contributed by atoms with van der Waals surface area (Å²) in [7, 11) is 0. The number of aliphatic carboxylic acids is 4. The fourth-order valence-corrected chi connectivity index (χ4v) is 0.813. The Kier molecular flexibility index (Phi) is 29.6. The average Bonchev–Trinajstić information content (AvgIpc) is 2.32. The fourth-order valence-electron chi connectivity index (χ4n) is 0.813. The monoisotopic (exact) mass is 506 g/mol. The molecule has 0 atom stereocenters. The van der Waals surface area contributed by atoms with Crippen LogP contribution < -0.4 is 20.4 Å². The van der Waals surface area contributed by atoms with E-state index in [9.17, 15) is 58.8 Å². The molecule has 12 nitrogen and oxygen atoms in total. The summed E-state index contributed by atoms with van der Waals surface area (Å²) >= 11 is 0. The third-order valence-electron chi connectivity index (χ3n) is 1.57. The van der Waals surface area contributed by atoms with Crippen LogP contribution in [-0.2, 0) is 57.8 Å². The van der Waals surface area contributed by atoms with Crippen LogP contribution in [-0.4, -0.2) is 47.0 Å². The Labute approximate surface area is 179 Å². The Balaban J connectivity index is -0.0000000873. The van der Waals surface area contributed by atoms with Crippen LogP contribution in [0.4, 0.5) is 0 Å². The van der Waals surface area contributed by atoms with Gasteiger partial charge in [0.25, 0.3) is 0 Å². The van der Waals surface area contributed by atoms with E-state index < -0.39 is 49.6 Å². The molecule has 0 aromatic heterocycles. The average molecular weight is 505 g/mol. The number of rotatable bonds is 8. The molecular weight excluding hydrogens is 485 g/mol. The summed E-state index contributed by atoms with van der Waals surface area (Å²) in [5, 5.41) is 37.9. The van der Waals surface area contributed by atoms with E-state index in [-0.39, 0.29) is 42.6 Å². The van der Waals surface area contributed by atoms with Crippen LogP contribution in [0.3, 0.4) is 0 Å². The van der Waals surface area contributed by atoms with Gasteiger partial charge in [0.15, 0.2) is 0 Å². The number of hydrogen-bond donors (Lipinski definition) is 0. The first-order chi connectivity index (χ1) is 12.5. The number of hydrogen-bond acceptors (Lipinski definition) is 12. The molecule has 0 rings (SSSR count). The molecule has 0 heterocycles. The predicted octanol–water partition coefficient (Wildman–Crippen LogP) is -5.14. The molecular formula is C16H20O12Ru. The van der Waals surface area contributed by atoms with Crippen molar-refractivity contribution in [2.24, 2.45) is 0 Å². The minimum absolute atomic E-state index is 0. The predicted molar refractivity (Wildman–Crippen MR) is 81.2 cm³/mol. The summed E-state index contributed by atoms with van der Waals surface area (Å²) in [6.45, 7) is 4.82. The molecule has 0 saturated heterocycles. The molecule has 0 N–H and O–H groups in total. The zero-order valence-corrected chi connectivity index (χ0v) is 17.8. The smallest absolute Gasteiger partial charge is 0.550 e. The van der Waals surface area contributed by atoms with Crippen LogP contribution >= 0.6 is 0 Å². The summed E-state index contributed by atoms with van der Waals surface area (Å²) in [6.07, 6.45) is -1.89. The van der Waals surface area contributed by atoms with E-state index in [2.05, 4.69) is 0 Å². The van der Waals surface area contributed by atoms with Gasteiger partial charge in [-0.15, -0.1) is 0 Å². The second kappa shape index (κ2) is 23.2. The van der Waals surface area contributed by atoms with E-state index in [1.165, 1.54) is 27.7 Å². The van der Waals surface area contributed by atoms with Crippen LogP contribution in [0.5, 0.6) is 0 Å². The van der Waals surface area contributed by atoms with Crippen LogP contribution in [0, 0.1) is 0 Å². The van der Waals surface area contributed by atoms with Gasteiger partial charge >= 0.3 is 19.5 Å². The van der Waals surface area contributed by atoms with E-state index in [1.807, 2.05) is 0 Å². The van der Waals surface area contributed by atoms with Crippen molar-refractivity contribution >= 4 is 47.0 Å². The van der Waals surface area contributed by atoms with E-state index in [0.29, 0.717) is 0 Å². The molecule has 0 unspecified atom stereocenters. The number of Topliss-reactive ketones (excluding diaryl/α,β-unsaturated/α-hetero) is 4. The first-order valence-electron chi connectivity index (χ1n) is 7.28. The molecule has 0 saturated carbocycles. The Hall–Kier alpha value is -2.82. The topological polar surface area (TPSA) is 229 Å². The maximum absolute atomic E-state index is 9.83. The van der Waals surface area contributed by atoms with Crippen molar-refractivity contribution in [1.82, 2.24) is 0 Å². The first kappa shape index (κ1) is 37.0. The van der Waals surface area contributed by atoms with Gasteiger partial charge in [0.2, 0.25) is 0 Å². The number of carboxylic acid groups (broad SMARTS) is 4. The Bertz CT molecular complexity index is 443. The van der Waals surface area contributed by atoms with E-state index in [4.69, 9.17) is 0 Å². The maximum atomic E-state index is 9.83. The van der Waals surface area contributed by atoms with Gasteiger partial charge in [-0.25, -0.2) is 0 Å². The molecule has 164 valence electrons. The fraction of sp³-hybridized carbons (Fsp3) is 0.500.